The molecule has 0 atom stereocenters. The average molecular weight is 199 g/mol. The first-order valence-electron chi connectivity index (χ1n) is 5.28. The molecule has 3 rings (SSSR count). The van der Waals surface area contributed by atoms with E-state index >= 15 is 0 Å². The SMILES string of the molecule is C1=C(c2cc3ccccc3[nH]2)CCOC1. The molecule has 0 spiro atoms. The maximum absolute atomic E-state index is 5.30. The van der Waals surface area contributed by atoms with Gasteiger partial charge in [-0.3, -0.25) is 0 Å². The van der Waals surface area contributed by atoms with E-state index in [0.29, 0.717) is 0 Å². The van der Waals surface area contributed by atoms with Gasteiger partial charge in [-0.05, 0) is 29.5 Å². The van der Waals surface area contributed by atoms with E-state index in [-0.39, 0.29) is 0 Å². The van der Waals surface area contributed by atoms with Crippen molar-refractivity contribution in [1.29, 1.82) is 0 Å². The summed E-state index contributed by atoms with van der Waals surface area (Å²) in [6, 6.07) is 10.6. The summed E-state index contributed by atoms with van der Waals surface area (Å²) < 4.78 is 5.30. The molecule has 76 valence electrons. The van der Waals surface area contributed by atoms with Crippen molar-refractivity contribution in [1.82, 2.24) is 4.98 Å². The number of aromatic nitrogens is 1. The second-order valence-electron chi connectivity index (χ2n) is 3.82. The lowest BCUT2D eigenvalue weighted by Crippen LogP contribution is -2.03. The molecule has 0 amide bonds. The minimum atomic E-state index is 0.741. The fraction of sp³-hybridized carbons (Fsp3) is 0.231. The zero-order valence-electron chi connectivity index (χ0n) is 8.49. The lowest BCUT2D eigenvalue weighted by molar-refractivity contribution is 0.161. The highest BCUT2D eigenvalue weighted by atomic mass is 16.5. The van der Waals surface area contributed by atoms with Gasteiger partial charge in [0.25, 0.3) is 0 Å². The molecular formula is C13H13NO. The van der Waals surface area contributed by atoms with E-state index in [1.54, 1.807) is 0 Å². The van der Waals surface area contributed by atoms with Gasteiger partial charge >= 0.3 is 0 Å². The van der Waals surface area contributed by atoms with Crippen LogP contribution in [0.25, 0.3) is 16.5 Å². The minimum Gasteiger partial charge on any atom is -0.377 e. The van der Waals surface area contributed by atoms with Crippen molar-refractivity contribution in [3.05, 3.63) is 42.1 Å². The van der Waals surface area contributed by atoms with Gasteiger partial charge in [0.2, 0.25) is 0 Å². The normalized spacial score (nSPS) is 16.7. The number of ether oxygens (including phenoxy) is 1. The molecule has 0 bridgehead atoms. The van der Waals surface area contributed by atoms with Crippen LogP contribution >= 0.6 is 0 Å². The van der Waals surface area contributed by atoms with Gasteiger partial charge in [-0.1, -0.05) is 24.3 Å². The molecule has 1 aromatic heterocycles. The van der Waals surface area contributed by atoms with Crippen LogP contribution in [0.5, 0.6) is 0 Å². The molecule has 2 nitrogen and oxygen atoms in total. The number of aromatic amines is 1. The molecule has 2 heterocycles. The molecule has 0 unspecified atom stereocenters. The van der Waals surface area contributed by atoms with Crippen LogP contribution in [0, 0.1) is 0 Å². The standard InChI is InChI=1S/C13H13NO/c1-2-4-12-11(3-1)9-13(14-12)10-5-7-15-8-6-10/h1-5,9,14H,6-8H2. The van der Waals surface area contributed by atoms with Crippen LogP contribution in [0.4, 0.5) is 0 Å². The first kappa shape index (κ1) is 8.74. The topological polar surface area (TPSA) is 25.0 Å². The third kappa shape index (κ3) is 1.57. The molecule has 0 saturated heterocycles. The largest absolute Gasteiger partial charge is 0.377 e. The molecular weight excluding hydrogens is 186 g/mol. The Morgan fingerprint density at radius 3 is 2.93 bits per heavy atom. The average Bonchev–Trinajstić information content (AvgIpc) is 2.74. The Labute approximate surface area is 88.6 Å². The Balaban J connectivity index is 2.07. The molecule has 1 N–H and O–H groups in total. The first-order valence-corrected chi connectivity index (χ1v) is 5.28. The van der Waals surface area contributed by atoms with Crippen molar-refractivity contribution in [2.24, 2.45) is 0 Å². The highest BCUT2D eigenvalue weighted by molar-refractivity contribution is 5.84. The van der Waals surface area contributed by atoms with Crippen molar-refractivity contribution in [2.45, 2.75) is 6.42 Å². The zero-order chi connectivity index (χ0) is 10.1. The zero-order valence-corrected chi connectivity index (χ0v) is 8.49. The van der Waals surface area contributed by atoms with E-state index in [2.05, 4.69) is 41.4 Å². The molecule has 1 aliphatic heterocycles. The number of rotatable bonds is 1. The van der Waals surface area contributed by atoms with E-state index in [4.69, 9.17) is 4.74 Å². The van der Waals surface area contributed by atoms with Gasteiger partial charge in [-0.2, -0.15) is 0 Å². The Morgan fingerprint density at radius 1 is 1.20 bits per heavy atom. The molecule has 15 heavy (non-hydrogen) atoms. The van der Waals surface area contributed by atoms with E-state index in [0.717, 1.165) is 19.6 Å². The van der Waals surface area contributed by atoms with Crippen molar-refractivity contribution in [3.63, 3.8) is 0 Å². The van der Waals surface area contributed by atoms with Crippen LogP contribution in [0.15, 0.2) is 36.4 Å². The molecule has 0 saturated carbocycles. The number of para-hydroxylation sites is 1. The van der Waals surface area contributed by atoms with Crippen molar-refractivity contribution < 1.29 is 4.74 Å². The summed E-state index contributed by atoms with van der Waals surface area (Å²) in [7, 11) is 0. The van der Waals surface area contributed by atoms with E-state index in [1.807, 2.05) is 0 Å². The molecule has 0 aliphatic carbocycles. The van der Waals surface area contributed by atoms with Gasteiger partial charge in [0.1, 0.15) is 0 Å². The van der Waals surface area contributed by atoms with Gasteiger partial charge in [0.05, 0.1) is 13.2 Å². The van der Waals surface area contributed by atoms with Crippen LogP contribution in [0.3, 0.4) is 0 Å². The monoisotopic (exact) mass is 199 g/mol. The second-order valence-corrected chi connectivity index (χ2v) is 3.82. The Morgan fingerprint density at radius 2 is 2.13 bits per heavy atom. The maximum atomic E-state index is 5.30. The number of nitrogens with one attached hydrogen (secondary N) is 1. The fourth-order valence-corrected chi connectivity index (χ4v) is 2.02. The van der Waals surface area contributed by atoms with Gasteiger partial charge < -0.3 is 9.72 Å². The van der Waals surface area contributed by atoms with Crippen LogP contribution in [0.1, 0.15) is 12.1 Å². The highest BCUT2D eigenvalue weighted by Gasteiger charge is 2.08. The summed E-state index contributed by atoms with van der Waals surface area (Å²) in [4.78, 5) is 3.44. The quantitative estimate of drug-likeness (QED) is 0.750. The molecule has 1 aromatic carbocycles. The summed E-state index contributed by atoms with van der Waals surface area (Å²) in [5.74, 6) is 0. The predicted octanol–water partition coefficient (Wildman–Crippen LogP) is 2.97. The third-order valence-electron chi connectivity index (χ3n) is 2.84. The highest BCUT2D eigenvalue weighted by Crippen LogP contribution is 2.24. The van der Waals surface area contributed by atoms with Crippen molar-refractivity contribution >= 4 is 16.5 Å². The Kier molecular flexibility index (Phi) is 2.07. The van der Waals surface area contributed by atoms with E-state index in [9.17, 15) is 0 Å². The molecule has 2 aromatic rings. The summed E-state index contributed by atoms with van der Waals surface area (Å²) >= 11 is 0. The molecule has 1 aliphatic rings. The van der Waals surface area contributed by atoms with Gasteiger partial charge in [-0.25, -0.2) is 0 Å². The van der Waals surface area contributed by atoms with Gasteiger partial charge in [-0.15, -0.1) is 0 Å². The lowest BCUT2D eigenvalue weighted by Gasteiger charge is -2.11. The van der Waals surface area contributed by atoms with E-state index < -0.39 is 0 Å². The Hall–Kier alpha value is -1.54. The van der Waals surface area contributed by atoms with Crippen LogP contribution in [-0.4, -0.2) is 18.2 Å². The smallest absolute Gasteiger partial charge is 0.0654 e. The summed E-state index contributed by atoms with van der Waals surface area (Å²) in [6.45, 7) is 1.58. The Bertz CT molecular complexity index is 477. The summed E-state index contributed by atoms with van der Waals surface area (Å²) in [5, 5.41) is 1.28. The molecule has 2 heteroatoms. The number of fused-ring (bicyclic) bond motifs is 1. The maximum Gasteiger partial charge on any atom is 0.0654 e. The minimum absolute atomic E-state index is 0.741. The number of H-pyrrole nitrogens is 1. The predicted molar refractivity (Wildman–Crippen MR) is 61.7 cm³/mol. The van der Waals surface area contributed by atoms with Gasteiger partial charge in [0.15, 0.2) is 0 Å². The van der Waals surface area contributed by atoms with Crippen LogP contribution in [-0.2, 0) is 4.74 Å². The van der Waals surface area contributed by atoms with Crippen LogP contribution < -0.4 is 0 Å². The van der Waals surface area contributed by atoms with Crippen LogP contribution in [0.2, 0.25) is 0 Å². The van der Waals surface area contributed by atoms with Crippen molar-refractivity contribution in [2.75, 3.05) is 13.2 Å². The summed E-state index contributed by atoms with van der Waals surface area (Å²) in [5.41, 5.74) is 3.82. The van der Waals surface area contributed by atoms with E-state index in [1.165, 1.54) is 22.2 Å². The molecule has 0 fully saturated rings. The summed E-state index contributed by atoms with van der Waals surface area (Å²) in [6.07, 6.45) is 3.17. The third-order valence-corrected chi connectivity index (χ3v) is 2.84. The fourth-order valence-electron chi connectivity index (χ4n) is 2.02. The molecule has 0 radical (unpaired) electrons. The number of hydrogen-bond donors (Lipinski definition) is 1. The number of hydrogen-bond acceptors (Lipinski definition) is 1. The second kappa shape index (κ2) is 3.55. The van der Waals surface area contributed by atoms with Crippen molar-refractivity contribution in [3.8, 4) is 0 Å². The number of benzene rings is 1. The lowest BCUT2D eigenvalue weighted by atomic mass is 10.1. The van der Waals surface area contributed by atoms with Gasteiger partial charge in [0, 0.05) is 11.2 Å². The first-order chi connectivity index (χ1) is 7.43.